The number of halogens is 1. The second-order valence-electron chi connectivity index (χ2n) is 4.53. The lowest BCUT2D eigenvalue weighted by atomic mass is 10.0. The summed E-state index contributed by atoms with van der Waals surface area (Å²) >= 11 is 5.90. The summed E-state index contributed by atoms with van der Waals surface area (Å²) in [5, 5.41) is 3.89. The van der Waals surface area contributed by atoms with Crippen LogP contribution in [0.15, 0.2) is 54.6 Å². The summed E-state index contributed by atoms with van der Waals surface area (Å²) in [5.41, 5.74) is 4.94. The van der Waals surface area contributed by atoms with Crippen LogP contribution in [-0.2, 0) is 0 Å². The SMILES string of the molecule is CNC/C=C(/C)c1ccc(-c2ccc(Cl)cc2)cc1. The van der Waals surface area contributed by atoms with E-state index in [4.69, 9.17) is 11.6 Å². The minimum absolute atomic E-state index is 0.770. The molecule has 0 bridgehead atoms. The highest BCUT2D eigenvalue weighted by molar-refractivity contribution is 6.30. The van der Waals surface area contributed by atoms with Gasteiger partial charge in [0.05, 0.1) is 0 Å². The Hall–Kier alpha value is -1.57. The lowest BCUT2D eigenvalue weighted by Crippen LogP contribution is -2.04. The molecule has 19 heavy (non-hydrogen) atoms. The van der Waals surface area contributed by atoms with Crippen molar-refractivity contribution in [1.82, 2.24) is 5.32 Å². The van der Waals surface area contributed by atoms with Gasteiger partial charge in [-0.05, 0) is 48.4 Å². The van der Waals surface area contributed by atoms with Gasteiger partial charge in [0.1, 0.15) is 0 Å². The highest BCUT2D eigenvalue weighted by Gasteiger charge is 1.99. The van der Waals surface area contributed by atoms with Crippen molar-refractivity contribution in [3.63, 3.8) is 0 Å². The first kappa shape index (κ1) is 13.9. The van der Waals surface area contributed by atoms with Gasteiger partial charge in [0.2, 0.25) is 0 Å². The van der Waals surface area contributed by atoms with Gasteiger partial charge in [-0.15, -0.1) is 0 Å². The molecule has 2 aromatic carbocycles. The molecular weight excluding hydrogens is 254 g/mol. The van der Waals surface area contributed by atoms with E-state index < -0.39 is 0 Å². The van der Waals surface area contributed by atoms with Gasteiger partial charge in [0, 0.05) is 11.6 Å². The van der Waals surface area contributed by atoms with Gasteiger partial charge in [-0.25, -0.2) is 0 Å². The normalized spacial score (nSPS) is 11.6. The molecule has 1 nitrogen and oxygen atoms in total. The van der Waals surface area contributed by atoms with Crippen LogP contribution >= 0.6 is 11.6 Å². The molecule has 1 N–H and O–H groups in total. The van der Waals surface area contributed by atoms with Gasteiger partial charge in [-0.3, -0.25) is 0 Å². The number of hydrogen-bond acceptors (Lipinski definition) is 1. The third-order valence-electron chi connectivity index (χ3n) is 3.13. The van der Waals surface area contributed by atoms with Crippen molar-refractivity contribution in [2.45, 2.75) is 6.92 Å². The minimum atomic E-state index is 0.770. The Bertz CT molecular complexity index is 553. The largest absolute Gasteiger partial charge is 0.316 e. The maximum Gasteiger partial charge on any atom is 0.0406 e. The summed E-state index contributed by atoms with van der Waals surface area (Å²) in [4.78, 5) is 0. The van der Waals surface area contributed by atoms with Gasteiger partial charge in [0.15, 0.2) is 0 Å². The zero-order chi connectivity index (χ0) is 13.7. The van der Waals surface area contributed by atoms with E-state index >= 15 is 0 Å². The Kier molecular flexibility index (Phi) is 4.78. The maximum absolute atomic E-state index is 5.90. The molecule has 0 amide bonds. The minimum Gasteiger partial charge on any atom is -0.316 e. The van der Waals surface area contributed by atoms with Crippen molar-refractivity contribution in [2.75, 3.05) is 13.6 Å². The van der Waals surface area contributed by atoms with Gasteiger partial charge in [-0.2, -0.15) is 0 Å². The van der Waals surface area contributed by atoms with Gasteiger partial charge < -0.3 is 5.32 Å². The number of rotatable bonds is 4. The molecule has 2 rings (SSSR count). The molecule has 0 spiro atoms. The fourth-order valence-corrected chi connectivity index (χ4v) is 2.07. The summed E-state index contributed by atoms with van der Waals surface area (Å²) in [5.74, 6) is 0. The Balaban J connectivity index is 2.21. The van der Waals surface area contributed by atoms with Crippen molar-refractivity contribution < 1.29 is 0 Å². The molecule has 2 aromatic rings. The van der Waals surface area contributed by atoms with Gasteiger partial charge in [0.25, 0.3) is 0 Å². The number of allylic oxidation sites excluding steroid dienone is 1. The summed E-state index contributed by atoms with van der Waals surface area (Å²) in [7, 11) is 1.95. The maximum atomic E-state index is 5.90. The number of benzene rings is 2. The standard InChI is InChI=1S/C17H18ClN/c1-13(11-12-19-2)14-3-5-15(6-4-14)16-7-9-17(18)10-8-16/h3-11,19H,12H2,1-2H3/b13-11-. The van der Waals surface area contributed by atoms with E-state index in [9.17, 15) is 0 Å². The van der Waals surface area contributed by atoms with Crippen molar-refractivity contribution in [3.8, 4) is 11.1 Å². The molecule has 0 heterocycles. The van der Waals surface area contributed by atoms with E-state index in [0.717, 1.165) is 11.6 Å². The Morgan fingerprint density at radius 2 is 1.53 bits per heavy atom. The third kappa shape index (κ3) is 3.69. The van der Waals surface area contributed by atoms with Crippen LogP contribution in [0.1, 0.15) is 12.5 Å². The highest BCUT2D eigenvalue weighted by Crippen LogP contribution is 2.23. The second kappa shape index (κ2) is 6.55. The predicted molar refractivity (Wildman–Crippen MR) is 84.5 cm³/mol. The monoisotopic (exact) mass is 271 g/mol. The molecule has 0 aromatic heterocycles. The molecule has 0 aliphatic rings. The summed E-state index contributed by atoms with van der Waals surface area (Å²) in [6.07, 6.45) is 2.19. The first-order chi connectivity index (χ1) is 9.20. The summed E-state index contributed by atoms with van der Waals surface area (Å²) < 4.78 is 0. The predicted octanol–water partition coefficient (Wildman–Crippen LogP) is 4.63. The highest BCUT2D eigenvalue weighted by atomic mass is 35.5. The zero-order valence-corrected chi connectivity index (χ0v) is 12.0. The topological polar surface area (TPSA) is 12.0 Å². The van der Waals surface area contributed by atoms with Crippen LogP contribution in [0.2, 0.25) is 5.02 Å². The van der Waals surface area contributed by atoms with Crippen LogP contribution in [0.3, 0.4) is 0 Å². The van der Waals surface area contributed by atoms with Gasteiger partial charge >= 0.3 is 0 Å². The first-order valence-electron chi connectivity index (χ1n) is 6.38. The number of nitrogens with one attached hydrogen (secondary N) is 1. The molecule has 0 saturated carbocycles. The molecular formula is C17H18ClN. The molecule has 0 fully saturated rings. The molecule has 0 atom stereocenters. The Morgan fingerprint density at radius 3 is 2.05 bits per heavy atom. The average molecular weight is 272 g/mol. The molecule has 0 unspecified atom stereocenters. The lowest BCUT2D eigenvalue weighted by molar-refractivity contribution is 0.920. The number of likely N-dealkylation sites (N-methyl/N-ethyl adjacent to an activating group) is 1. The molecule has 0 radical (unpaired) electrons. The first-order valence-corrected chi connectivity index (χ1v) is 6.76. The Labute approximate surface area is 119 Å². The van der Waals surface area contributed by atoms with E-state index in [1.165, 1.54) is 22.3 Å². The van der Waals surface area contributed by atoms with E-state index in [1.807, 2.05) is 31.3 Å². The molecule has 0 aliphatic carbocycles. The van der Waals surface area contributed by atoms with E-state index in [2.05, 4.69) is 42.6 Å². The third-order valence-corrected chi connectivity index (χ3v) is 3.38. The summed E-state index contributed by atoms with van der Waals surface area (Å²) in [6.45, 7) is 3.03. The zero-order valence-electron chi connectivity index (χ0n) is 11.3. The van der Waals surface area contributed by atoms with Crippen LogP contribution in [0.4, 0.5) is 0 Å². The van der Waals surface area contributed by atoms with Crippen molar-refractivity contribution in [2.24, 2.45) is 0 Å². The molecule has 2 heteroatoms. The van der Waals surface area contributed by atoms with Crippen LogP contribution in [0, 0.1) is 0 Å². The fourth-order valence-electron chi connectivity index (χ4n) is 1.94. The molecule has 98 valence electrons. The van der Waals surface area contributed by atoms with Crippen molar-refractivity contribution in [1.29, 1.82) is 0 Å². The second-order valence-corrected chi connectivity index (χ2v) is 4.97. The summed E-state index contributed by atoms with van der Waals surface area (Å²) in [6, 6.07) is 16.5. The van der Waals surface area contributed by atoms with E-state index in [-0.39, 0.29) is 0 Å². The van der Waals surface area contributed by atoms with E-state index in [0.29, 0.717) is 0 Å². The van der Waals surface area contributed by atoms with Crippen LogP contribution in [-0.4, -0.2) is 13.6 Å². The number of hydrogen-bond donors (Lipinski definition) is 1. The van der Waals surface area contributed by atoms with E-state index in [1.54, 1.807) is 0 Å². The van der Waals surface area contributed by atoms with Crippen molar-refractivity contribution >= 4 is 17.2 Å². The smallest absolute Gasteiger partial charge is 0.0406 e. The van der Waals surface area contributed by atoms with Crippen LogP contribution < -0.4 is 5.32 Å². The quantitative estimate of drug-likeness (QED) is 0.855. The van der Waals surface area contributed by atoms with Crippen LogP contribution in [0.5, 0.6) is 0 Å². The fraction of sp³-hybridized carbons (Fsp3) is 0.176. The molecule has 0 saturated heterocycles. The average Bonchev–Trinajstić information content (AvgIpc) is 2.46. The van der Waals surface area contributed by atoms with Crippen LogP contribution in [0.25, 0.3) is 16.7 Å². The lowest BCUT2D eigenvalue weighted by Gasteiger charge is -2.05. The van der Waals surface area contributed by atoms with Gasteiger partial charge in [-0.1, -0.05) is 54.1 Å². The molecule has 0 aliphatic heterocycles. The Morgan fingerprint density at radius 1 is 1.00 bits per heavy atom. The van der Waals surface area contributed by atoms with Crippen molar-refractivity contribution in [3.05, 3.63) is 65.2 Å².